The Labute approximate surface area is 210 Å². The molecule has 4 N–H and O–H groups in total. The lowest BCUT2D eigenvalue weighted by Gasteiger charge is -2.18. The molecule has 0 radical (unpaired) electrons. The van der Waals surface area contributed by atoms with Crippen LogP contribution in [0.4, 0.5) is 5.95 Å². The predicted octanol–water partition coefficient (Wildman–Crippen LogP) is 2.20. The molecule has 2 heterocycles. The van der Waals surface area contributed by atoms with Crippen LogP contribution in [-0.2, 0) is 11.2 Å². The number of carbonyl (C=O) groups is 1. The molecule has 11 heteroatoms. The first-order valence-electron chi connectivity index (χ1n) is 12.0. The standard InChI is InChI=1S/C25H34N6O5/c1-6-16-11-17(9-14(4)21(16)35-13-18(32)12-20(33)22(26)34)23-29-24(36-30-23)19-10-15(5)27-25(28-19)31(7-2)8-3/h9-11,18,20,32-33H,6-8,12-13H2,1-5H3,(H2,26,34)/t18-,20?/m0/s1. The maximum atomic E-state index is 11.0. The zero-order valence-electron chi connectivity index (χ0n) is 21.4. The van der Waals surface area contributed by atoms with Gasteiger partial charge < -0.3 is 30.1 Å². The van der Waals surface area contributed by atoms with Crippen LogP contribution in [-0.4, -0.2) is 68.1 Å². The summed E-state index contributed by atoms with van der Waals surface area (Å²) in [5.74, 6) is 1.07. The molecule has 36 heavy (non-hydrogen) atoms. The van der Waals surface area contributed by atoms with Crippen LogP contribution in [0.1, 0.15) is 44.0 Å². The molecular formula is C25H34N6O5. The van der Waals surface area contributed by atoms with Crippen LogP contribution >= 0.6 is 0 Å². The van der Waals surface area contributed by atoms with Crippen molar-refractivity contribution in [1.29, 1.82) is 0 Å². The predicted molar refractivity (Wildman–Crippen MR) is 134 cm³/mol. The molecular weight excluding hydrogens is 464 g/mol. The van der Waals surface area contributed by atoms with E-state index in [0.29, 0.717) is 35.5 Å². The van der Waals surface area contributed by atoms with E-state index in [1.165, 1.54) is 0 Å². The average molecular weight is 499 g/mol. The van der Waals surface area contributed by atoms with Crippen LogP contribution in [0.3, 0.4) is 0 Å². The number of amides is 1. The normalized spacial score (nSPS) is 12.9. The summed E-state index contributed by atoms with van der Waals surface area (Å²) in [6.07, 6.45) is -2.01. The Bertz CT molecular complexity index is 1190. The SMILES string of the molecule is CCc1cc(-c2noc(-c3cc(C)nc(N(CC)CC)n3)n2)cc(C)c1OC[C@@H](O)CC(O)C(N)=O. The number of nitrogens with zero attached hydrogens (tertiary/aromatic N) is 5. The number of aryl methyl sites for hydroxylation is 3. The number of aliphatic hydroxyl groups excluding tert-OH is 2. The Kier molecular flexibility index (Phi) is 8.94. The third-order valence-electron chi connectivity index (χ3n) is 5.77. The molecule has 0 aliphatic rings. The molecule has 2 aromatic heterocycles. The van der Waals surface area contributed by atoms with Gasteiger partial charge in [0.2, 0.25) is 17.7 Å². The minimum absolute atomic E-state index is 0.0914. The Morgan fingerprint density at radius 1 is 1.11 bits per heavy atom. The first kappa shape index (κ1) is 27.0. The molecule has 0 saturated carbocycles. The number of hydrogen-bond donors (Lipinski definition) is 3. The molecule has 194 valence electrons. The third-order valence-corrected chi connectivity index (χ3v) is 5.77. The average Bonchev–Trinajstić information content (AvgIpc) is 3.33. The Balaban J connectivity index is 1.83. The minimum atomic E-state index is -1.42. The van der Waals surface area contributed by atoms with E-state index in [0.717, 1.165) is 35.5 Å². The quantitative estimate of drug-likeness (QED) is 0.337. The lowest BCUT2D eigenvalue weighted by atomic mass is 10.0. The van der Waals surface area contributed by atoms with Gasteiger partial charge >= 0.3 is 0 Å². The van der Waals surface area contributed by atoms with E-state index in [-0.39, 0.29) is 13.0 Å². The van der Waals surface area contributed by atoms with Gasteiger partial charge in [-0.25, -0.2) is 9.97 Å². The fourth-order valence-corrected chi connectivity index (χ4v) is 3.82. The molecule has 0 aliphatic carbocycles. The van der Waals surface area contributed by atoms with Crippen LogP contribution in [0.25, 0.3) is 23.0 Å². The van der Waals surface area contributed by atoms with E-state index < -0.39 is 18.1 Å². The number of anilines is 1. The van der Waals surface area contributed by atoms with Gasteiger partial charge in [0.25, 0.3) is 5.89 Å². The number of carbonyl (C=O) groups excluding carboxylic acids is 1. The number of ether oxygens (including phenoxy) is 1. The van der Waals surface area contributed by atoms with Gasteiger partial charge in [-0.3, -0.25) is 4.79 Å². The minimum Gasteiger partial charge on any atom is -0.490 e. The van der Waals surface area contributed by atoms with Gasteiger partial charge in [-0.2, -0.15) is 4.98 Å². The van der Waals surface area contributed by atoms with Gasteiger partial charge in [0.05, 0.1) is 6.10 Å². The molecule has 11 nitrogen and oxygen atoms in total. The van der Waals surface area contributed by atoms with Gasteiger partial charge in [-0.15, -0.1) is 0 Å². The Hall–Kier alpha value is -3.57. The first-order valence-corrected chi connectivity index (χ1v) is 12.0. The van der Waals surface area contributed by atoms with Crippen molar-refractivity contribution in [1.82, 2.24) is 20.1 Å². The Morgan fingerprint density at radius 3 is 2.47 bits per heavy atom. The highest BCUT2D eigenvalue weighted by molar-refractivity contribution is 5.78. The van der Waals surface area contributed by atoms with E-state index in [4.69, 9.17) is 15.0 Å². The maximum Gasteiger partial charge on any atom is 0.277 e. The summed E-state index contributed by atoms with van der Waals surface area (Å²) in [6.45, 7) is 11.3. The highest BCUT2D eigenvalue weighted by Crippen LogP contribution is 2.31. The molecule has 1 aromatic carbocycles. The van der Waals surface area contributed by atoms with Crippen LogP contribution in [0, 0.1) is 13.8 Å². The summed E-state index contributed by atoms with van der Waals surface area (Å²) < 4.78 is 11.4. The van der Waals surface area contributed by atoms with Crippen LogP contribution in [0.5, 0.6) is 5.75 Å². The molecule has 2 atom stereocenters. The molecule has 0 fully saturated rings. The molecule has 0 saturated heterocycles. The fraction of sp³-hybridized carbons (Fsp3) is 0.480. The zero-order chi connectivity index (χ0) is 26.4. The van der Waals surface area contributed by atoms with Crippen molar-refractivity contribution in [2.75, 3.05) is 24.6 Å². The van der Waals surface area contributed by atoms with E-state index in [1.807, 2.05) is 52.8 Å². The lowest BCUT2D eigenvalue weighted by molar-refractivity contribution is -0.127. The van der Waals surface area contributed by atoms with E-state index >= 15 is 0 Å². The van der Waals surface area contributed by atoms with Gasteiger partial charge in [-0.1, -0.05) is 12.1 Å². The van der Waals surface area contributed by atoms with Crippen molar-refractivity contribution in [2.45, 2.75) is 59.7 Å². The number of nitrogens with two attached hydrogens (primary N) is 1. The molecule has 0 aliphatic heterocycles. The van der Waals surface area contributed by atoms with Crippen molar-refractivity contribution in [2.24, 2.45) is 5.73 Å². The summed E-state index contributed by atoms with van der Waals surface area (Å²) in [6, 6.07) is 5.60. The van der Waals surface area contributed by atoms with Gasteiger partial charge in [-0.05, 0) is 63.4 Å². The van der Waals surface area contributed by atoms with E-state index in [9.17, 15) is 15.0 Å². The maximum absolute atomic E-state index is 11.0. The number of rotatable bonds is 12. The van der Waals surface area contributed by atoms with Gasteiger partial charge in [0.1, 0.15) is 24.2 Å². The van der Waals surface area contributed by atoms with Crippen molar-refractivity contribution in [3.05, 3.63) is 35.0 Å². The van der Waals surface area contributed by atoms with Crippen LogP contribution < -0.4 is 15.4 Å². The zero-order valence-corrected chi connectivity index (χ0v) is 21.4. The fourth-order valence-electron chi connectivity index (χ4n) is 3.82. The molecule has 3 aromatic rings. The molecule has 0 spiro atoms. The number of hydrogen-bond acceptors (Lipinski definition) is 10. The molecule has 1 unspecified atom stereocenters. The highest BCUT2D eigenvalue weighted by atomic mass is 16.5. The highest BCUT2D eigenvalue weighted by Gasteiger charge is 2.20. The van der Waals surface area contributed by atoms with Gasteiger partial charge in [0.15, 0.2) is 0 Å². The summed E-state index contributed by atoms with van der Waals surface area (Å²) in [4.78, 5) is 26.8. The summed E-state index contributed by atoms with van der Waals surface area (Å²) in [7, 11) is 0. The first-order chi connectivity index (χ1) is 17.2. The summed E-state index contributed by atoms with van der Waals surface area (Å²) in [5, 5.41) is 23.8. The van der Waals surface area contributed by atoms with Gasteiger partial charge in [0, 0.05) is 30.8 Å². The third kappa shape index (κ3) is 6.35. The molecule has 0 bridgehead atoms. The van der Waals surface area contributed by atoms with Crippen LogP contribution in [0.2, 0.25) is 0 Å². The van der Waals surface area contributed by atoms with Crippen molar-refractivity contribution in [3.8, 4) is 28.7 Å². The second kappa shape index (κ2) is 11.9. The Morgan fingerprint density at radius 2 is 1.83 bits per heavy atom. The molecule has 3 rings (SSSR count). The number of aromatic nitrogens is 4. The number of benzene rings is 1. The molecule has 1 amide bonds. The topological polar surface area (TPSA) is 161 Å². The van der Waals surface area contributed by atoms with Crippen LogP contribution in [0.15, 0.2) is 22.7 Å². The van der Waals surface area contributed by atoms with E-state index in [2.05, 4.69) is 25.0 Å². The largest absolute Gasteiger partial charge is 0.490 e. The second-order valence-corrected chi connectivity index (χ2v) is 8.54. The van der Waals surface area contributed by atoms with Crippen molar-refractivity contribution >= 4 is 11.9 Å². The summed E-state index contributed by atoms with van der Waals surface area (Å²) >= 11 is 0. The number of aliphatic hydroxyl groups is 2. The second-order valence-electron chi connectivity index (χ2n) is 8.54. The summed E-state index contributed by atoms with van der Waals surface area (Å²) in [5.41, 5.74) is 8.87. The van der Waals surface area contributed by atoms with Crippen molar-refractivity contribution < 1.29 is 24.3 Å². The van der Waals surface area contributed by atoms with E-state index in [1.54, 1.807) is 0 Å². The lowest BCUT2D eigenvalue weighted by Crippen LogP contribution is -2.33. The number of primary amides is 1. The monoisotopic (exact) mass is 498 g/mol. The smallest absolute Gasteiger partial charge is 0.277 e. The van der Waals surface area contributed by atoms with Crippen molar-refractivity contribution in [3.63, 3.8) is 0 Å².